The third kappa shape index (κ3) is 2.90. The lowest BCUT2D eigenvalue weighted by molar-refractivity contribution is -0.189. The molecular formula is C15H23N3O3S. The number of likely N-dealkylation sites (tertiary alicyclic amines) is 1. The Hall–Kier alpha value is -1.02. The van der Waals surface area contributed by atoms with Crippen molar-refractivity contribution in [2.45, 2.75) is 43.4 Å². The molecule has 2 saturated heterocycles. The first-order valence-corrected chi connectivity index (χ1v) is 8.55. The van der Waals surface area contributed by atoms with Gasteiger partial charge in [0.2, 0.25) is 0 Å². The fourth-order valence-electron chi connectivity index (χ4n) is 3.41. The first kappa shape index (κ1) is 15.9. The van der Waals surface area contributed by atoms with Gasteiger partial charge in [-0.25, -0.2) is 0 Å². The zero-order valence-corrected chi connectivity index (χ0v) is 13.9. The Kier molecular flexibility index (Phi) is 4.24. The number of hydrogen-bond acceptors (Lipinski definition) is 6. The Balaban J connectivity index is 1.63. The number of aliphatic hydroxyl groups is 1. The summed E-state index contributed by atoms with van der Waals surface area (Å²) in [6, 6.07) is 0.0185. The molecule has 3 rings (SSSR count). The van der Waals surface area contributed by atoms with Gasteiger partial charge in [-0.15, -0.1) is 11.3 Å². The number of carbonyl (C=O) groups is 1. The van der Waals surface area contributed by atoms with Crippen LogP contribution < -0.4 is 5.32 Å². The summed E-state index contributed by atoms with van der Waals surface area (Å²) < 4.78 is 6.03. The maximum Gasteiger partial charge on any atom is 0.265 e. The Morgan fingerprint density at radius 1 is 1.55 bits per heavy atom. The summed E-state index contributed by atoms with van der Waals surface area (Å²) in [4.78, 5) is 18.9. The average molecular weight is 325 g/mol. The number of carbonyl (C=O) groups excluding carboxylic acids is 1. The van der Waals surface area contributed by atoms with Gasteiger partial charge in [-0.3, -0.25) is 9.78 Å². The topological polar surface area (TPSA) is 74.7 Å². The normalized spacial score (nSPS) is 31.4. The van der Waals surface area contributed by atoms with Gasteiger partial charge in [-0.05, 0) is 33.2 Å². The van der Waals surface area contributed by atoms with E-state index in [1.807, 2.05) is 18.9 Å². The van der Waals surface area contributed by atoms with E-state index in [-0.39, 0.29) is 17.6 Å². The van der Waals surface area contributed by atoms with E-state index in [4.69, 9.17) is 4.74 Å². The maximum atomic E-state index is 12.4. The molecule has 3 heterocycles. The molecule has 0 saturated carbocycles. The SMILES string of the molecule is CN[C@H]1CC2(CCN(C(=O)c3cncs3)CC2)OC[C@]1(C)O. The molecule has 0 unspecified atom stereocenters. The Labute approximate surface area is 134 Å². The summed E-state index contributed by atoms with van der Waals surface area (Å²) in [5.74, 6) is 0.0605. The van der Waals surface area contributed by atoms with Gasteiger partial charge in [0.25, 0.3) is 5.91 Å². The van der Waals surface area contributed by atoms with Gasteiger partial charge in [-0.2, -0.15) is 0 Å². The molecule has 0 aromatic carbocycles. The second kappa shape index (κ2) is 5.88. The van der Waals surface area contributed by atoms with Crippen LogP contribution in [-0.4, -0.2) is 64.9 Å². The second-order valence-corrected chi connectivity index (χ2v) is 7.42. The fraction of sp³-hybridized carbons (Fsp3) is 0.733. The van der Waals surface area contributed by atoms with Gasteiger partial charge >= 0.3 is 0 Å². The molecule has 2 N–H and O–H groups in total. The van der Waals surface area contributed by atoms with E-state index in [1.54, 1.807) is 11.7 Å². The largest absolute Gasteiger partial charge is 0.386 e. The minimum atomic E-state index is -0.838. The van der Waals surface area contributed by atoms with Crippen molar-refractivity contribution in [1.29, 1.82) is 0 Å². The third-order valence-electron chi connectivity index (χ3n) is 4.95. The Morgan fingerprint density at radius 2 is 2.27 bits per heavy atom. The van der Waals surface area contributed by atoms with E-state index in [9.17, 15) is 9.90 Å². The number of aromatic nitrogens is 1. The number of ether oxygens (including phenoxy) is 1. The van der Waals surface area contributed by atoms with E-state index in [1.165, 1.54) is 11.3 Å². The predicted molar refractivity (Wildman–Crippen MR) is 84.0 cm³/mol. The summed E-state index contributed by atoms with van der Waals surface area (Å²) in [6.07, 6.45) is 4.03. The first-order chi connectivity index (χ1) is 10.5. The molecule has 2 fully saturated rings. The summed E-state index contributed by atoms with van der Waals surface area (Å²) in [5, 5.41) is 13.6. The highest BCUT2D eigenvalue weighted by Crippen LogP contribution is 2.38. The van der Waals surface area contributed by atoms with Crippen LogP contribution >= 0.6 is 11.3 Å². The van der Waals surface area contributed by atoms with E-state index < -0.39 is 5.60 Å². The summed E-state index contributed by atoms with van der Waals surface area (Å²) in [7, 11) is 1.88. The molecule has 2 atom stereocenters. The number of piperidine rings is 1. The number of likely N-dealkylation sites (N-methyl/N-ethyl adjacent to an activating group) is 1. The molecule has 0 bridgehead atoms. The minimum absolute atomic E-state index is 0.0185. The predicted octanol–water partition coefficient (Wildman–Crippen LogP) is 0.877. The van der Waals surface area contributed by atoms with Gasteiger partial charge in [0, 0.05) is 19.1 Å². The van der Waals surface area contributed by atoms with Crippen LogP contribution in [-0.2, 0) is 4.74 Å². The smallest absolute Gasteiger partial charge is 0.265 e. The van der Waals surface area contributed by atoms with Crippen molar-refractivity contribution in [3.63, 3.8) is 0 Å². The van der Waals surface area contributed by atoms with E-state index >= 15 is 0 Å². The van der Waals surface area contributed by atoms with Crippen molar-refractivity contribution >= 4 is 17.2 Å². The zero-order chi connectivity index (χ0) is 15.8. The molecule has 1 aromatic rings. The van der Waals surface area contributed by atoms with Crippen LogP contribution in [0.2, 0.25) is 0 Å². The van der Waals surface area contributed by atoms with Crippen molar-refractivity contribution in [2.24, 2.45) is 0 Å². The molecule has 2 aliphatic heterocycles. The lowest BCUT2D eigenvalue weighted by Crippen LogP contribution is -2.62. The van der Waals surface area contributed by atoms with Crippen LogP contribution in [0.1, 0.15) is 35.9 Å². The van der Waals surface area contributed by atoms with E-state index in [0.717, 1.165) is 19.3 Å². The van der Waals surface area contributed by atoms with Crippen LogP contribution in [0.4, 0.5) is 0 Å². The van der Waals surface area contributed by atoms with Gasteiger partial charge in [0.15, 0.2) is 0 Å². The molecule has 6 nitrogen and oxygen atoms in total. The van der Waals surface area contributed by atoms with E-state index in [2.05, 4.69) is 10.3 Å². The molecule has 22 heavy (non-hydrogen) atoms. The minimum Gasteiger partial charge on any atom is -0.386 e. The molecule has 1 aromatic heterocycles. The van der Waals surface area contributed by atoms with Crippen LogP contribution in [0.15, 0.2) is 11.7 Å². The third-order valence-corrected chi connectivity index (χ3v) is 5.71. The van der Waals surface area contributed by atoms with Gasteiger partial charge in [-0.1, -0.05) is 0 Å². The highest BCUT2D eigenvalue weighted by atomic mass is 32.1. The molecule has 122 valence electrons. The van der Waals surface area contributed by atoms with Crippen LogP contribution in [0, 0.1) is 0 Å². The van der Waals surface area contributed by atoms with Crippen molar-refractivity contribution < 1.29 is 14.6 Å². The van der Waals surface area contributed by atoms with Crippen molar-refractivity contribution in [2.75, 3.05) is 26.7 Å². The number of nitrogens with zero attached hydrogens (tertiary/aromatic N) is 2. The molecule has 0 aliphatic carbocycles. The zero-order valence-electron chi connectivity index (χ0n) is 13.0. The first-order valence-electron chi connectivity index (χ1n) is 7.67. The Bertz CT molecular complexity index is 524. The molecular weight excluding hydrogens is 302 g/mol. The Morgan fingerprint density at radius 3 is 2.86 bits per heavy atom. The number of amides is 1. The van der Waals surface area contributed by atoms with E-state index in [0.29, 0.717) is 24.6 Å². The van der Waals surface area contributed by atoms with Crippen molar-refractivity contribution in [1.82, 2.24) is 15.2 Å². The van der Waals surface area contributed by atoms with Gasteiger partial charge < -0.3 is 20.1 Å². The number of rotatable bonds is 2. The van der Waals surface area contributed by atoms with Gasteiger partial charge in [0.1, 0.15) is 10.5 Å². The maximum absolute atomic E-state index is 12.4. The number of hydrogen-bond donors (Lipinski definition) is 2. The summed E-state index contributed by atoms with van der Waals surface area (Å²) in [6.45, 7) is 3.52. The highest BCUT2D eigenvalue weighted by Gasteiger charge is 2.48. The fourth-order valence-corrected chi connectivity index (χ4v) is 3.99. The van der Waals surface area contributed by atoms with Crippen LogP contribution in [0.5, 0.6) is 0 Å². The summed E-state index contributed by atoms with van der Waals surface area (Å²) >= 11 is 1.38. The summed E-state index contributed by atoms with van der Waals surface area (Å²) in [5.41, 5.74) is 0.624. The standard InChI is InChI=1S/C15H23N3O3S/c1-14(20)9-21-15(7-12(14)16-2)3-5-18(6-4-15)13(19)11-8-17-10-22-11/h8,10,12,16,20H,3-7,9H2,1-2H3/t12-,14-/m0/s1. The molecule has 2 aliphatic rings. The molecule has 1 spiro atoms. The van der Waals surface area contributed by atoms with Crippen molar-refractivity contribution in [3.05, 3.63) is 16.6 Å². The van der Waals surface area contributed by atoms with Gasteiger partial charge in [0.05, 0.1) is 23.9 Å². The molecule has 1 amide bonds. The monoisotopic (exact) mass is 325 g/mol. The van der Waals surface area contributed by atoms with Crippen LogP contribution in [0.25, 0.3) is 0 Å². The lowest BCUT2D eigenvalue weighted by Gasteiger charge is -2.50. The van der Waals surface area contributed by atoms with Crippen molar-refractivity contribution in [3.8, 4) is 0 Å². The lowest BCUT2D eigenvalue weighted by atomic mass is 9.77. The second-order valence-electron chi connectivity index (χ2n) is 6.53. The molecule has 0 radical (unpaired) electrons. The number of thiazole rings is 1. The highest BCUT2D eigenvalue weighted by molar-refractivity contribution is 7.11. The number of nitrogens with one attached hydrogen (secondary N) is 1. The average Bonchev–Trinajstić information content (AvgIpc) is 3.04. The van der Waals surface area contributed by atoms with Crippen LogP contribution in [0.3, 0.4) is 0 Å². The molecule has 7 heteroatoms. The quantitative estimate of drug-likeness (QED) is 0.844.